The van der Waals surface area contributed by atoms with Crippen molar-refractivity contribution in [3.8, 4) is 5.75 Å². The van der Waals surface area contributed by atoms with Gasteiger partial charge in [-0.25, -0.2) is 4.98 Å². The lowest BCUT2D eigenvalue weighted by Gasteiger charge is -2.15. The first-order valence-corrected chi connectivity index (χ1v) is 9.03. The highest BCUT2D eigenvalue weighted by Gasteiger charge is 2.14. The minimum atomic E-state index is 0.303. The van der Waals surface area contributed by atoms with Crippen LogP contribution in [0.5, 0.6) is 5.75 Å². The third-order valence-corrected chi connectivity index (χ3v) is 4.41. The third kappa shape index (κ3) is 4.84. The van der Waals surface area contributed by atoms with Gasteiger partial charge in [0.1, 0.15) is 11.6 Å². The molecule has 1 heterocycles. The number of ether oxygens (including phenoxy) is 1. The van der Waals surface area contributed by atoms with Gasteiger partial charge >= 0.3 is 0 Å². The maximum atomic E-state index is 5.83. The van der Waals surface area contributed by atoms with Crippen molar-refractivity contribution in [2.45, 2.75) is 39.5 Å². The Morgan fingerprint density at radius 1 is 1.25 bits per heavy atom. The van der Waals surface area contributed by atoms with Crippen LogP contribution in [0.1, 0.15) is 43.0 Å². The SMILES string of the molecule is CCCCCNc1nc(N)nc(C)c1Cc1ccc(Br)cc1OC. The summed E-state index contributed by atoms with van der Waals surface area (Å²) in [5, 5.41) is 3.42. The number of nitrogens with one attached hydrogen (secondary N) is 1. The van der Waals surface area contributed by atoms with E-state index in [0.29, 0.717) is 12.4 Å². The van der Waals surface area contributed by atoms with E-state index in [-0.39, 0.29) is 0 Å². The lowest BCUT2D eigenvalue weighted by molar-refractivity contribution is 0.410. The van der Waals surface area contributed by atoms with E-state index in [1.807, 2.05) is 19.1 Å². The van der Waals surface area contributed by atoms with Gasteiger partial charge in [0.15, 0.2) is 0 Å². The smallest absolute Gasteiger partial charge is 0.222 e. The van der Waals surface area contributed by atoms with Crippen LogP contribution in [0.4, 0.5) is 11.8 Å². The van der Waals surface area contributed by atoms with Crippen molar-refractivity contribution in [1.82, 2.24) is 9.97 Å². The summed E-state index contributed by atoms with van der Waals surface area (Å²) in [4.78, 5) is 8.73. The molecule has 0 unspecified atom stereocenters. The fourth-order valence-corrected chi connectivity index (χ4v) is 2.95. The van der Waals surface area contributed by atoms with E-state index >= 15 is 0 Å². The molecule has 0 spiro atoms. The molecule has 130 valence electrons. The Hall–Kier alpha value is -1.82. The van der Waals surface area contributed by atoms with Gasteiger partial charge in [0.05, 0.1) is 7.11 Å². The molecule has 0 atom stereocenters. The average molecular weight is 393 g/mol. The van der Waals surface area contributed by atoms with Crippen molar-refractivity contribution in [1.29, 1.82) is 0 Å². The van der Waals surface area contributed by atoms with E-state index in [1.54, 1.807) is 7.11 Å². The number of unbranched alkanes of at least 4 members (excludes halogenated alkanes) is 2. The van der Waals surface area contributed by atoms with Gasteiger partial charge in [-0.1, -0.05) is 41.8 Å². The second-order valence-electron chi connectivity index (χ2n) is 5.76. The molecule has 0 saturated heterocycles. The Kier molecular flexibility index (Phi) is 6.85. The Labute approximate surface area is 152 Å². The van der Waals surface area contributed by atoms with Crippen LogP contribution in [0.3, 0.4) is 0 Å². The zero-order chi connectivity index (χ0) is 17.5. The first-order chi connectivity index (χ1) is 11.5. The molecule has 0 amide bonds. The first-order valence-electron chi connectivity index (χ1n) is 8.24. The molecule has 3 N–H and O–H groups in total. The predicted octanol–water partition coefficient (Wildman–Crippen LogP) is 4.33. The molecular weight excluding hydrogens is 368 g/mol. The standard InChI is InChI=1S/C18H25BrN4O/c1-4-5-6-9-21-17-15(12(2)22-18(20)23-17)10-13-7-8-14(19)11-16(13)24-3/h7-8,11H,4-6,9-10H2,1-3H3,(H3,20,21,22,23). The number of aryl methyl sites for hydroxylation is 1. The number of aromatic nitrogens is 2. The summed E-state index contributed by atoms with van der Waals surface area (Å²) >= 11 is 3.48. The van der Waals surface area contributed by atoms with Crippen LogP contribution in [0, 0.1) is 6.92 Å². The first kappa shape index (κ1) is 18.5. The second-order valence-corrected chi connectivity index (χ2v) is 6.68. The van der Waals surface area contributed by atoms with Crippen LogP contribution in [0.15, 0.2) is 22.7 Å². The fourth-order valence-electron chi connectivity index (χ4n) is 2.61. The number of nitrogens with two attached hydrogens (primary N) is 1. The van der Waals surface area contributed by atoms with E-state index in [2.05, 4.69) is 44.2 Å². The van der Waals surface area contributed by atoms with E-state index in [9.17, 15) is 0 Å². The van der Waals surface area contributed by atoms with Crippen LogP contribution in [0.2, 0.25) is 0 Å². The molecule has 0 radical (unpaired) electrons. The van der Waals surface area contributed by atoms with E-state index in [4.69, 9.17) is 10.5 Å². The number of hydrogen-bond acceptors (Lipinski definition) is 5. The summed E-state index contributed by atoms with van der Waals surface area (Å²) in [5.41, 5.74) is 8.88. The average Bonchev–Trinajstić information content (AvgIpc) is 2.55. The lowest BCUT2D eigenvalue weighted by atomic mass is 10.0. The Bertz CT molecular complexity index is 691. The number of methoxy groups -OCH3 is 1. The normalized spacial score (nSPS) is 10.7. The number of hydrogen-bond donors (Lipinski definition) is 2. The van der Waals surface area contributed by atoms with Crippen LogP contribution in [0.25, 0.3) is 0 Å². The summed E-state index contributed by atoms with van der Waals surface area (Å²) < 4.78 is 6.49. The Balaban J connectivity index is 2.28. The second kappa shape index (κ2) is 8.87. The maximum absolute atomic E-state index is 5.83. The van der Waals surface area contributed by atoms with Crippen LogP contribution in [-0.2, 0) is 6.42 Å². The molecule has 2 aromatic rings. The number of nitrogens with zero attached hydrogens (tertiary/aromatic N) is 2. The fraction of sp³-hybridized carbons (Fsp3) is 0.444. The topological polar surface area (TPSA) is 73.1 Å². The number of nitrogen functional groups attached to an aromatic ring is 1. The molecule has 1 aromatic carbocycles. The van der Waals surface area contributed by atoms with Gasteiger partial charge in [-0.05, 0) is 31.0 Å². The van der Waals surface area contributed by atoms with Crippen molar-refractivity contribution in [3.63, 3.8) is 0 Å². The quantitative estimate of drug-likeness (QED) is 0.653. The highest BCUT2D eigenvalue weighted by atomic mass is 79.9. The zero-order valence-corrected chi connectivity index (χ0v) is 16.1. The molecule has 0 fully saturated rings. The minimum absolute atomic E-state index is 0.303. The molecule has 24 heavy (non-hydrogen) atoms. The largest absolute Gasteiger partial charge is 0.496 e. The number of halogens is 1. The van der Waals surface area contributed by atoms with Gasteiger partial charge in [-0.15, -0.1) is 0 Å². The third-order valence-electron chi connectivity index (χ3n) is 3.92. The minimum Gasteiger partial charge on any atom is -0.496 e. The van der Waals surface area contributed by atoms with Crippen molar-refractivity contribution in [2.75, 3.05) is 24.7 Å². The van der Waals surface area contributed by atoms with Gasteiger partial charge in [-0.3, -0.25) is 0 Å². The molecule has 1 aromatic heterocycles. The lowest BCUT2D eigenvalue weighted by Crippen LogP contribution is -2.11. The van der Waals surface area contributed by atoms with Gasteiger partial charge in [0, 0.05) is 28.7 Å². The van der Waals surface area contributed by atoms with Gasteiger partial charge in [0.25, 0.3) is 0 Å². The van der Waals surface area contributed by atoms with E-state index in [0.717, 1.165) is 45.8 Å². The van der Waals surface area contributed by atoms with Crippen molar-refractivity contribution in [3.05, 3.63) is 39.5 Å². The van der Waals surface area contributed by atoms with Gasteiger partial charge < -0.3 is 15.8 Å². The highest BCUT2D eigenvalue weighted by Crippen LogP contribution is 2.29. The van der Waals surface area contributed by atoms with Crippen molar-refractivity contribution in [2.24, 2.45) is 0 Å². The summed E-state index contributed by atoms with van der Waals surface area (Å²) in [6, 6.07) is 6.04. The molecule has 0 aliphatic carbocycles. The predicted molar refractivity (Wildman–Crippen MR) is 103 cm³/mol. The maximum Gasteiger partial charge on any atom is 0.222 e. The van der Waals surface area contributed by atoms with E-state index < -0.39 is 0 Å². The van der Waals surface area contributed by atoms with Gasteiger partial charge in [-0.2, -0.15) is 4.98 Å². The summed E-state index contributed by atoms with van der Waals surface area (Å²) in [5.74, 6) is 1.97. The molecule has 6 heteroatoms. The Morgan fingerprint density at radius 2 is 2.04 bits per heavy atom. The molecule has 0 aliphatic heterocycles. The monoisotopic (exact) mass is 392 g/mol. The number of anilines is 2. The molecule has 0 saturated carbocycles. The van der Waals surface area contributed by atoms with Crippen LogP contribution < -0.4 is 15.8 Å². The molecule has 0 aliphatic rings. The zero-order valence-electron chi connectivity index (χ0n) is 14.5. The molecule has 5 nitrogen and oxygen atoms in total. The van der Waals surface area contributed by atoms with Crippen molar-refractivity contribution >= 4 is 27.7 Å². The summed E-state index contributed by atoms with van der Waals surface area (Å²) in [7, 11) is 1.68. The van der Waals surface area contributed by atoms with Crippen molar-refractivity contribution < 1.29 is 4.74 Å². The highest BCUT2D eigenvalue weighted by molar-refractivity contribution is 9.10. The van der Waals surface area contributed by atoms with Gasteiger partial charge in [0.2, 0.25) is 5.95 Å². The van der Waals surface area contributed by atoms with Crippen LogP contribution >= 0.6 is 15.9 Å². The molecule has 0 bridgehead atoms. The summed E-state index contributed by atoms with van der Waals surface area (Å²) in [6.45, 7) is 5.04. The van der Waals surface area contributed by atoms with E-state index in [1.165, 1.54) is 12.8 Å². The molecule has 2 rings (SSSR count). The number of rotatable bonds is 8. The summed E-state index contributed by atoms with van der Waals surface area (Å²) in [6.07, 6.45) is 4.19. The number of benzene rings is 1. The molecular formula is C18H25BrN4O. The Morgan fingerprint density at radius 3 is 2.75 bits per heavy atom. The van der Waals surface area contributed by atoms with Crippen LogP contribution in [-0.4, -0.2) is 23.6 Å².